The normalized spacial score (nSPS) is 21.6. The molecule has 3 rings (SSSR count). The van der Waals surface area contributed by atoms with Crippen LogP contribution in [0.2, 0.25) is 5.02 Å². The second kappa shape index (κ2) is 13.9. The highest BCUT2D eigenvalue weighted by Gasteiger charge is 2.35. The molecule has 12 nitrogen and oxygen atoms in total. The minimum Gasteiger partial charge on any atom is -0.508 e. The summed E-state index contributed by atoms with van der Waals surface area (Å²) in [7, 11) is 1.40. The fraction of sp³-hybridized carbons (Fsp3) is 0.444. The van der Waals surface area contributed by atoms with E-state index in [1.54, 1.807) is 30.3 Å². The number of fused-ring (bicyclic) bond motifs is 5. The molecule has 4 bridgehead atoms. The molecular formula is C27H37ClN6O6. The highest BCUT2D eigenvalue weighted by molar-refractivity contribution is 6.31. The van der Waals surface area contributed by atoms with Crippen LogP contribution in [0.25, 0.3) is 11.1 Å². The number of carbonyl (C=O) groups excluding carboxylic acids is 3. The third kappa shape index (κ3) is 7.68. The van der Waals surface area contributed by atoms with E-state index in [-0.39, 0.29) is 44.6 Å². The molecule has 0 saturated heterocycles. The molecule has 3 amide bonds. The van der Waals surface area contributed by atoms with Gasteiger partial charge in [0.2, 0.25) is 17.7 Å². The van der Waals surface area contributed by atoms with Crippen LogP contribution in [-0.2, 0) is 27.2 Å². The average molecular weight is 577 g/mol. The number of aromatic hydroxyl groups is 1. The predicted octanol–water partition coefficient (Wildman–Crippen LogP) is -1.40. The van der Waals surface area contributed by atoms with Crippen molar-refractivity contribution >= 4 is 29.3 Å². The molecule has 5 atom stereocenters. The van der Waals surface area contributed by atoms with Crippen molar-refractivity contribution in [3.8, 4) is 16.9 Å². The lowest BCUT2D eigenvalue weighted by Crippen LogP contribution is -2.58. The summed E-state index contributed by atoms with van der Waals surface area (Å²) in [6.07, 6.45) is -2.38. The standard InChI is InChI=1S/C27H37ClN6O6/c1-34-23(26(39)32-13-19(36)12-30)9-16-6-14(2-4-20(16)28)15-3-5-24(37)17(7-15)8-21(31)25(38)33-22(27(34)40)10-18(35)11-29/h2-7,18-19,21-23,35-37H,8-13,29-31H2,1H3,(H,32,39)(H,33,38)/t18-,19?,21-,22-,23-/m0/s1. The number of phenolic OH excluding ortho intramolecular Hbond substituents is 1. The minimum absolute atomic E-state index is 0.00989. The van der Waals surface area contributed by atoms with E-state index in [1.807, 2.05) is 0 Å². The first-order chi connectivity index (χ1) is 18.9. The first-order valence-electron chi connectivity index (χ1n) is 12.9. The third-order valence-corrected chi connectivity index (χ3v) is 7.31. The van der Waals surface area contributed by atoms with Crippen molar-refractivity contribution in [3.05, 3.63) is 52.5 Å². The van der Waals surface area contributed by atoms with E-state index in [0.29, 0.717) is 21.7 Å². The van der Waals surface area contributed by atoms with Gasteiger partial charge in [-0.3, -0.25) is 14.4 Å². The van der Waals surface area contributed by atoms with Gasteiger partial charge >= 0.3 is 0 Å². The number of nitrogens with zero attached hydrogens (tertiary/aromatic N) is 1. The monoisotopic (exact) mass is 576 g/mol. The van der Waals surface area contributed by atoms with E-state index >= 15 is 0 Å². The van der Waals surface area contributed by atoms with E-state index in [0.717, 1.165) is 5.56 Å². The molecule has 40 heavy (non-hydrogen) atoms. The molecule has 0 saturated carbocycles. The number of nitrogens with one attached hydrogen (secondary N) is 2. The fourth-order valence-electron chi connectivity index (χ4n) is 4.47. The summed E-state index contributed by atoms with van der Waals surface area (Å²) in [6.45, 7) is -0.383. The summed E-state index contributed by atoms with van der Waals surface area (Å²) in [5, 5.41) is 36.1. The van der Waals surface area contributed by atoms with Crippen LogP contribution >= 0.6 is 11.6 Å². The number of halogens is 1. The maximum absolute atomic E-state index is 13.7. The molecule has 13 heteroatoms. The van der Waals surface area contributed by atoms with Gasteiger partial charge in [-0.1, -0.05) is 23.7 Å². The molecule has 0 fully saturated rings. The molecule has 0 aromatic heterocycles. The Morgan fingerprint density at radius 2 is 1.70 bits per heavy atom. The van der Waals surface area contributed by atoms with Crippen molar-refractivity contribution in [1.82, 2.24) is 15.5 Å². The lowest BCUT2D eigenvalue weighted by molar-refractivity contribution is -0.142. The predicted molar refractivity (Wildman–Crippen MR) is 150 cm³/mol. The Kier molecular flexibility index (Phi) is 10.9. The third-order valence-electron chi connectivity index (χ3n) is 6.94. The summed E-state index contributed by atoms with van der Waals surface area (Å²) in [5.41, 5.74) is 19.6. The van der Waals surface area contributed by atoms with Gasteiger partial charge in [0.1, 0.15) is 17.8 Å². The number of aliphatic hydroxyl groups excluding tert-OH is 2. The Hall–Kier alpha value is -3.26. The van der Waals surface area contributed by atoms with Crippen LogP contribution in [0, 0.1) is 0 Å². The molecule has 1 aliphatic rings. The maximum Gasteiger partial charge on any atom is 0.245 e. The quantitative estimate of drug-likeness (QED) is 0.194. The van der Waals surface area contributed by atoms with Gasteiger partial charge in [0.05, 0.1) is 18.2 Å². The molecule has 11 N–H and O–H groups in total. The number of phenols is 1. The maximum atomic E-state index is 13.7. The first-order valence-corrected chi connectivity index (χ1v) is 13.3. The lowest BCUT2D eigenvalue weighted by Gasteiger charge is -2.32. The van der Waals surface area contributed by atoms with Crippen molar-refractivity contribution in [2.75, 3.05) is 26.7 Å². The number of likely N-dealkylation sites (N-methyl/N-ethyl adjacent to an activating group) is 1. The molecule has 0 spiro atoms. The zero-order valence-electron chi connectivity index (χ0n) is 22.2. The second-order valence-electron chi connectivity index (χ2n) is 9.95. The molecule has 1 unspecified atom stereocenters. The van der Waals surface area contributed by atoms with Crippen LogP contribution in [0.5, 0.6) is 5.75 Å². The van der Waals surface area contributed by atoms with E-state index in [4.69, 9.17) is 28.8 Å². The number of hydrogen-bond acceptors (Lipinski definition) is 9. The van der Waals surface area contributed by atoms with E-state index in [2.05, 4.69) is 10.6 Å². The number of aliphatic hydroxyl groups is 2. The van der Waals surface area contributed by atoms with E-state index in [9.17, 15) is 29.7 Å². The Balaban J connectivity index is 2.13. The lowest BCUT2D eigenvalue weighted by atomic mass is 9.95. The summed E-state index contributed by atoms with van der Waals surface area (Å²) < 4.78 is 0. The van der Waals surface area contributed by atoms with Gasteiger partial charge in [-0.25, -0.2) is 0 Å². The highest BCUT2D eigenvalue weighted by Crippen LogP contribution is 2.31. The van der Waals surface area contributed by atoms with Gasteiger partial charge < -0.3 is 48.1 Å². The van der Waals surface area contributed by atoms with Crippen LogP contribution in [0.1, 0.15) is 17.5 Å². The molecule has 218 valence electrons. The van der Waals surface area contributed by atoms with Gasteiger partial charge in [-0.2, -0.15) is 0 Å². The summed E-state index contributed by atoms with van der Waals surface area (Å²) in [4.78, 5) is 41.3. The number of carbonyl (C=O) groups is 3. The van der Waals surface area contributed by atoms with Crippen LogP contribution in [0.3, 0.4) is 0 Å². The molecule has 1 heterocycles. The van der Waals surface area contributed by atoms with Crippen molar-refractivity contribution in [1.29, 1.82) is 0 Å². The largest absolute Gasteiger partial charge is 0.508 e. The van der Waals surface area contributed by atoms with E-state index < -0.39 is 48.1 Å². The zero-order chi connectivity index (χ0) is 29.6. The molecule has 2 aromatic rings. The average Bonchev–Trinajstić information content (AvgIpc) is 2.94. The number of amides is 3. The summed E-state index contributed by atoms with van der Waals surface area (Å²) in [6, 6.07) is 6.62. The molecule has 1 aliphatic heterocycles. The van der Waals surface area contributed by atoms with Crippen LogP contribution < -0.4 is 27.8 Å². The molecular weight excluding hydrogens is 540 g/mol. The van der Waals surface area contributed by atoms with Gasteiger partial charge in [0.25, 0.3) is 0 Å². The number of benzene rings is 2. The van der Waals surface area contributed by atoms with Crippen LogP contribution in [-0.4, -0.2) is 95.0 Å². The Labute approximate surface area is 237 Å². The molecule has 0 aliphatic carbocycles. The van der Waals surface area contributed by atoms with Gasteiger partial charge in [0, 0.05) is 51.0 Å². The van der Waals surface area contributed by atoms with Crippen molar-refractivity contribution < 1.29 is 29.7 Å². The highest BCUT2D eigenvalue weighted by atomic mass is 35.5. The molecule has 0 radical (unpaired) electrons. The first kappa shape index (κ1) is 31.3. The minimum atomic E-state index is -1.26. The fourth-order valence-corrected chi connectivity index (χ4v) is 4.66. The van der Waals surface area contributed by atoms with Crippen LogP contribution in [0.4, 0.5) is 0 Å². The van der Waals surface area contributed by atoms with Gasteiger partial charge in [-0.15, -0.1) is 0 Å². The Morgan fingerprint density at radius 3 is 2.35 bits per heavy atom. The Bertz CT molecular complexity index is 1230. The number of hydrogen-bond donors (Lipinski definition) is 8. The van der Waals surface area contributed by atoms with Gasteiger partial charge in [0.15, 0.2) is 0 Å². The van der Waals surface area contributed by atoms with Crippen LogP contribution in [0.15, 0.2) is 36.4 Å². The van der Waals surface area contributed by atoms with Gasteiger partial charge in [-0.05, 0) is 46.5 Å². The summed E-state index contributed by atoms with van der Waals surface area (Å²) >= 11 is 6.52. The zero-order valence-corrected chi connectivity index (χ0v) is 23.0. The Morgan fingerprint density at radius 1 is 1.07 bits per heavy atom. The molecule has 2 aromatic carbocycles. The number of nitrogens with two attached hydrogens (primary N) is 3. The smallest absolute Gasteiger partial charge is 0.245 e. The second-order valence-corrected chi connectivity index (χ2v) is 10.4. The van der Waals surface area contributed by atoms with Crippen molar-refractivity contribution in [3.63, 3.8) is 0 Å². The van der Waals surface area contributed by atoms with Crippen molar-refractivity contribution in [2.45, 2.75) is 49.6 Å². The van der Waals surface area contributed by atoms with Crippen molar-refractivity contribution in [2.24, 2.45) is 17.2 Å². The topological polar surface area (TPSA) is 217 Å². The summed E-state index contributed by atoms with van der Waals surface area (Å²) in [5.74, 6) is -1.99. The van der Waals surface area contributed by atoms with E-state index in [1.165, 1.54) is 18.0 Å². The SMILES string of the molecule is CN1C(=O)[C@H](C[C@H](O)CN)NC(=O)[C@@H](N)Cc2cc(ccc2O)-c2ccc(Cl)c(c2)C[C@H]1C(=O)NCC(O)CN. The number of rotatable bonds is 7.